The van der Waals surface area contributed by atoms with Crippen LogP contribution >= 0.6 is 0 Å². The molecule has 0 spiro atoms. The fraction of sp³-hybridized carbons (Fsp3) is 0.286. The summed E-state index contributed by atoms with van der Waals surface area (Å²) in [6.45, 7) is 0.189. The lowest BCUT2D eigenvalue weighted by Crippen LogP contribution is -2.59. The van der Waals surface area contributed by atoms with Crippen LogP contribution in [0.3, 0.4) is 0 Å². The molecule has 0 aromatic heterocycles. The Morgan fingerprint density at radius 3 is 1.86 bits per heavy atom. The zero-order chi connectivity index (χ0) is 20.6. The first-order chi connectivity index (χ1) is 14.0. The summed E-state index contributed by atoms with van der Waals surface area (Å²) in [4.78, 5) is 38.8. The highest BCUT2D eigenvalue weighted by Crippen LogP contribution is 2.15. The number of carboxylic acids is 1. The van der Waals surface area contributed by atoms with Crippen molar-refractivity contribution in [3.8, 4) is 0 Å². The second-order valence-electron chi connectivity index (χ2n) is 6.57. The predicted molar refractivity (Wildman–Crippen MR) is 103 cm³/mol. The summed E-state index contributed by atoms with van der Waals surface area (Å²) in [6, 6.07) is 17.1. The molecule has 1 fully saturated rings. The number of aliphatic carboxylic acids is 1. The number of hydrogen-bond acceptors (Lipinski definition) is 5. The fourth-order valence-corrected chi connectivity index (χ4v) is 2.99. The van der Waals surface area contributed by atoms with Gasteiger partial charge in [0.1, 0.15) is 13.2 Å². The smallest absolute Gasteiger partial charge is 0.410 e. The summed E-state index contributed by atoms with van der Waals surface area (Å²) < 4.78 is 10.5. The number of carbonyl (C=O) groups excluding carboxylic acids is 2. The van der Waals surface area contributed by atoms with E-state index in [0.717, 1.165) is 16.0 Å². The lowest BCUT2D eigenvalue weighted by atomic mass is 10.2. The number of nitrogens with zero attached hydrogens (tertiary/aromatic N) is 2. The first-order valence-corrected chi connectivity index (χ1v) is 9.20. The van der Waals surface area contributed by atoms with Crippen LogP contribution in [0.2, 0.25) is 0 Å². The third kappa shape index (κ3) is 5.47. The quantitative estimate of drug-likeness (QED) is 0.832. The molecule has 2 aromatic carbocycles. The van der Waals surface area contributed by atoms with Gasteiger partial charge in [0, 0.05) is 13.1 Å². The Balaban J connectivity index is 1.55. The SMILES string of the molecule is O=C(O)[C@H]1CN(C(=O)OCc2ccccc2)CCN1C(=O)OCc1ccccc1. The van der Waals surface area contributed by atoms with Gasteiger partial charge in [0.2, 0.25) is 0 Å². The Morgan fingerprint density at radius 1 is 0.828 bits per heavy atom. The van der Waals surface area contributed by atoms with E-state index in [0.29, 0.717) is 0 Å². The molecule has 0 bridgehead atoms. The van der Waals surface area contributed by atoms with Gasteiger partial charge in [-0.25, -0.2) is 14.4 Å². The van der Waals surface area contributed by atoms with E-state index in [1.807, 2.05) is 60.7 Å². The van der Waals surface area contributed by atoms with Crippen LogP contribution < -0.4 is 0 Å². The zero-order valence-electron chi connectivity index (χ0n) is 15.8. The van der Waals surface area contributed by atoms with Gasteiger partial charge >= 0.3 is 18.2 Å². The van der Waals surface area contributed by atoms with E-state index in [1.165, 1.54) is 4.90 Å². The molecular formula is C21H22N2O6. The lowest BCUT2D eigenvalue weighted by Gasteiger charge is -2.37. The topological polar surface area (TPSA) is 96.4 Å². The molecule has 1 atom stereocenters. The second-order valence-corrected chi connectivity index (χ2v) is 6.57. The molecule has 3 rings (SSSR count). The maximum Gasteiger partial charge on any atom is 0.410 e. The van der Waals surface area contributed by atoms with Gasteiger partial charge in [0.25, 0.3) is 0 Å². The highest BCUT2D eigenvalue weighted by Gasteiger charge is 2.38. The predicted octanol–water partition coefficient (Wildman–Crippen LogP) is 2.73. The maximum absolute atomic E-state index is 12.4. The van der Waals surface area contributed by atoms with Crippen molar-refractivity contribution in [2.75, 3.05) is 19.6 Å². The molecule has 8 heteroatoms. The highest BCUT2D eigenvalue weighted by molar-refractivity contribution is 5.81. The van der Waals surface area contributed by atoms with E-state index in [-0.39, 0.29) is 32.8 Å². The molecule has 2 aromatic rings. The van der Waals surface area contributed by atoms with E-state index < -0.39 is 24.2 Å². The minimum Gasteiger partial charge on any atom is -0.480 e. The van der Waals surface area contributed by atoms with Crippen molar-refractivity contribution in [3.63, 3.8) is 0 Å². The van der Waals surface area contributed by atoms with E-state index in [2.05, 4.69) is 0 Å². The molecule has 0 radical (unpaired) electrons. The largest absolute Gasteiger partial charge is 0.480 e. The second kappa shape index (κ2) is 9.59. The van der Waals surface area contributed by atoms with Gasteiger partial charge in [0.15, 0.2) is 6.04 Å². The average molecular weight is 398 g/mol. The maximum atomic E-state index is 12.4. The molecule has 0 unspecified atom stereocenters. The van der Waals surface area contributed by atoms with Crippen LogP contribution in [0, 0.1) is 0 Å². The number of hydrogen-bond donors (Lipinski definition) is 1. The number of rotatable bonds is 5. The minimum atomic E-state index is -1.21. The van der Waals surface area contributed by atoms with Crippen molar-refractivity contribution < 1.29 is 29.0 Å². The number of carbonyl (C=O) groups is 3. The van der Waals surface area contributed by atoms with Gasteiger partial charge in [-0.2, -0.15) is 0 Å². The number of benzene rings is 2. The van der Waals surface area contributed by atoms with Crippen molar-refractivity contribution in [2.24, 2.45) is 0 Å². The van der Waals surface area contributed by atoms with Gasteiger partial charge in [0.05, 0.1) is 6.54 Å². The molecule has 29 heavy (non-hydrogen) atoms. The van der Waals surface area contributed by atoms with Crippen molar-refractivity contribution in [3.05, 3.63) is 71.8 Å². The Labute approximate surface area is 168 Å². The van der Waals surface area contributed by atoms with E-state index in [4.69, 9.17) is 9.47 Å². The molecule has 1 aliphatic rings. The van der Waals surface area contributed by atoms with Crippen LogP contribution in [0.15, 0.2) is 60.7 Å². The fourth-order valence-electron chi connectivity index (χ4n) is 2.99. The van der Waals surface area contributed by atoms with Crippen LogP contribution in [0.4, 0.5) is 9.59 Å². The molecule has 1 saturated heterocycles. The van der Waals surface area contributed by atoms with E-state index in [1.54, 1.807) is 0 Å². The molecule has 1 N–H and O–H groups in total. The van der Waals surface area contributed by atoms with Crippen LogP contribution in [0.1, 0.15) is 11.1 Å². The lowest BCUT2D eigenvalue weighted by molar-refractivity contribution is -0.144. The molecule has 1 heterocycles. The first-order valence-electron chi connectivity index (χ1n) is 9.20. The standard InChI is InChI=1S/C21H22N2O6/c24-19(25)18-13-22(20(26)28-14-16-7-3-1-4-8-16)11-12-23(18)21(27)29-15-17-9-5-2-6-10-17/h1-10,18H,11-15H2,(H,24,25)/t18-/m1/s1. The molecule has 152 valence electrons. The van der Waals surface area contributed by atoms with Crippen molar-refractivity contribution >= 4 is 18.2 Å². The molecular weight excluding hydrogens is 376 g/mol. The van der Waals surface area contributed by atoms with Gasteiger partial charge in [-0.1, -0.05) is 60.7 Å². The van der Waals surface area contributed by atoms with Crippen LogP contribution in [0.5, 0.6) is 0 Å². The Hall–Kier alpha value is -3.55. The summed E-state index contributed by atoms with van der Waals surface area (Å²) in [5.41, 5.74) is 1.63. The summed E-state index contributed by atoms with van der Waals surface area (Å²) in [7, 11) is 0. The van der Waals surface area contributed by atoms with E-state index >= 15 is 0 Å². The van der Waals surface area contributed by atoms with Crippen molar-refractivity contribution in [1.29, 1.82) is 0 Å². The molecule has 1 aliphatic heterocycles. The average Bonchev–Trinajstić information content (AvgIpc) is 2.76. The van der Waals surface area contributed by atoms with Gasteiger partial charge < -0.3 is 19.5 Å². The van der Waals surface area contributed by atoms with Crippen molar-refractivity contribution in [2.45, 2.75) is 19.3 Å². The van der Waals surface area contributed by atoms with E-state index in [9.17, 15) is 19.5 Å². The molecule has 2 amide bonds. The molecule has 0 aliphatic carbocycles. The minimum absolute atomic E-state index is 0.0467. The summed E-state index contributed by atoms with van der Waals surface area (Å²) >= 11 is 0. The third-order valence-corrected chi connectivity index (χ3v) is 4.57. The van der Waals surface area contributed by atoms with Crippen LogP contribution in [0.25, 0.3) is 0 Å². The number of piperazine rings is 1. The Kier molecular flexibility index (Phi) is 6.67. The summed E-state index contributed by atoms with van der Waals surface area (Å²) in [5, 5.41) is 9.52. The van der Waals surface area contributed by atoms with Gasteiger partial charge in [-0.05, 0) is 11.1 Å². The monoisotopic (exact) mass is 398 g/mol. The van der Waals surface area contributed by atoms with Gasteiger partial charge in [-0.3, -0.25) is 4.90 Å². The van der Waals surface area contributed by atoms with Gasteiger partial charge in [-0.15, -0.1) is 0 Å². The van der Waals surface area contributed by atoms with Crippen molar-refractivity contribution in [1.82, 2.24) is 9.80 Å². The zero-order valence-corrected chi connectivity index (χ0v) is 15.8. The Bertz CT molecular complexity index is 843. The summed E-state index contributed by atoms with van der Waals surface area (Å²) in [5.74, 6) is -1.21. The number of amides is 2. The Morgan fingerprint density at radius 2 is 1.34 bits per heavy atom. The number of ether oxygens (including phenoxy) is 2. The van der Waals surface area contributed by atoms with Crippen LogP contribution in [-0.4, -0.2) is 58.7 Å². The number of carboxylic acid groups (broad SMARTS) is 1. The summed E-state index contributed by atoms with van der Waals surface area (Å²) in [6.07, 6.45) is -1.34. The normalized spacial score (nSPS) is 16.2. The molecule has 8 nitrogen and oxygen atoms in total. The first kappa shape index (κ1) is 20.2. The third-order valence-electron chi connectivity index (χ3n) is 4.57. The highest BCUT2D eigenvalue weighted by atomic mass is 16.6. The van der Waals surface area contributed by atoms with Crippen LogP contribution in [-0.2, 0) is 27.5 Å². The molecule has 0 saturated carbocycles.